The van der Waals surface area contributed by atoms with Crippen LogP contribution in [0.25, 0.3) is 22.3 Å². The normalized spacial score (nSPS) is 11.0. The van der Waals surface area contributed by atoms with Crippen molar-refractivity contribution < 1.29 is 5.11 Å². The fraction of sp³-hybridized carbons (Fsp3) is 0.357. The molecule has 0 saturated carbocycles. The molecule has 0 bridgehead atoms. The molecule has 3 aromatic carbocycles. The van der Waals surface area contributed by atoms with E-state index in [-0.39, 0.29) is 6.61 Å². The van der Waals surface area contributed by atoms with E-state index in [2.05, 4.69) is 80.6 Å². The van der Waals surface area contributed by atoms with Crippen LogP contribution in [0.5, 0.6) is 0 Å². The lowest BCUT2D eigenvalue weighted by atomic mass is 9.93. The number of aliphatic hydroxyl groups excluding tert-OH is 1. The molecule has 0 heterocycles. The summed E-state index contributed by atoms with van der Waals surface area (Å²) >= 11 is 0. The van der Waals surface area contributed by atoms with Crippen molar-refractivity contribution >= 4 is 0 Å². The molecule has 152 valence electrons. The van der Waals surface area contributed by atoms with Crippen LogP contribution < -0.4 is 0 Å². The smallest absolute Gasteiger partial charge is 0.0434 e. The van der Waals surface area contributed by atoms with Crippen molar-refractivity contribution in [1.82, 2.24) is 0 Å². The molecule has 0 unspecified atom stereocenters. The molecule has 1 nitrogen and oxygen atoms in total. The predicted molar refractivity (Wildman–Crippen MR) is 125 cm³/mol. The second kappa shape index (κ2) is 11.0. The third-order valence-corrected chi connectivity index (χ3v) is 5.73. The summed E-state index contributed by atoms with van der Waals surface area (Å²) in [6.45, 7) is 4.72. The molecule has 0 radical (unpaired) electrons. The van der Waals surface area contributed by atoms with Crippen LogP contribution in [0.15, 0.2) is 66.7 Å². The van der Waals surface area contributed by atoms with Crippen LogP contribution in [0.3, 0.4) is 0 Å². The first-order valence-corrected chi connectivity index (χ1v) is 11.2. The Morgan fingerprint density at radius 1 is 0.621 bits per heavy atom. The third kappa shape index (κ3) is 5.81. The van der Waals surface area contributed by atoms with Crippen LogP contribution in [-0.4, -0.2) is 11.7 Å². The maximum atomic E-state index is 9.07. The SMILES string of the molecule is CCCCCc1ccc(-c2ccc(-c3ccc(CCCO)cc3CC)cc2)cc1. The highest BCUT2D eigenvalue weighted by Gasteiger charge is 2.07. The van der Waals surface area contributed by atoms with Gasteiger partial charge in [-0.25, -0.2) is 0 Å². The molecule has 3 aromatic rings. The van der Waals surface area contributed by atoms with Gasteiger partial charge >= 0.3 is 0 Å². The Hall–Kier alpha value is -2.38. The minimum Gasteiger partial charge on any atom is -0.396 e. The summed E-state index contributed by atoms with van der Waals surface area (Å²) in [5.74, 6) is 0. The standard InChI is InChI=1S/C28H34O/c1-3-5-6-8-22-10-13-25(14-11-22)26-15-17-27(18-16-26)28-19-12-23(9-7-20-29)21-24(28)4-2/h10-19,21,29H,3-9,20H2,1-2H3. The molecule has 0 fully saturated rings. The molecule has 0 aliphatic rings. The van der Waals surface area contributed by atoms with E-state index in [1.54, 1.807) is 0 Å². The molecule has 1 heteroatoms. The zero-order valence-electron chi connectivity index (χ0n) is 18.0. The molecule has 0 aliphatic carbocycles. The summed E-state index contributed by atoms with van der Waals surface area (Å²) in [5.41, 5.74) is 9.28. The summed E-state index contributed by atoms with van der Waals surface area (Å²) in [4.78, 5) is 0. The van der Waals surface area contributed by atoms with Gasteiger partial charge < -0.3 is 5.11 Å². The molecule has 0 spiro atoms. The average Bonchev–Trinajstić information content (AvgIpc) is 2.78. The van der Waals surface area contributed by atoms with Crippen LogP contribution in [-0.2, 0) is 19.3 Å². The quantitative estimate of drug-likeness (QED) is 0.364. The van der Waals surface area contributed by atoms with E-state index < -0.39 is 0 Å². The Labute approximate surface area is 176 Å². The average molecular weight is 387 g/mol. The second-order valence-electron chi connectivity index (χ2n) is 7.90. The number of unbranched alkanes of at least 4 members (excludes halogenated alkanes) is 2. The molecule has 3 rings (SSSR count). The molecule has 29 heavy (non-hydrogen) atoms. The maximum absolute atomic E-state index is 9.07. The number of hydrogen-bond donors (Lipinski definition) is 1. The summed E-state index contributed by atoms with van der Waals surface area (Å²) in [6, 6.07) is 24.8. The molecular formula is C28H34O. The molecule has 0 aliphatic heterocycles. The van der Waals surface area contributed by atoms with Crippen molar-refractivity contribution in [1.29, 1.82) is 0 Å². The van der Waals surface area contributed by atoms with E-state index in [1.165, 1.54) is 64.6 Å². The van der Waals surface area contributed by atoms with Crippen LogP contribution in [0, 0.1) is 0 Å². The highest BCUT2D eigenvalue weighted by atomic mass is 16.2. The Kier molecular flexibility index (Phi) is 8.07. The zero-order chi connectivity index (χ0) is 20.5. The van der Waals surface area contributed by atoms with Crippen LogP contribution >= 0.6 is 0 Å². The maximum Gasteiger partial charge on any atom is 0.0434 e. The van der Waals surface area contributed by atoms with Crippen LogP contribution in [0.4, 0.5) is 0 Å². The van der Waals surface area contributed by atoms with Gasteiger partial charge in [0.2, 0.25) is 0 Å². The van der Waals surface area contributed by atoms with Crippen molar-refractivity contribution in [2.24, 2.45) is 0 Å². The molecular weight excluding hydrogens is 352 g/mol. The summed E-state index contributed by atoms with van der Waals surface area (Å²) in [6.07, 6.45) is 7.83. The number of rotatable bonds is 10. The second-order valence-corrected chi connectivity index (χ2v) is 7.90. The molecule has 0 atom stereocenters. The number of aliphatic hydroxyl groups is 1. The van der Waals surface area contributed by atoms with E-state index in [9.17, 15) is 0 Å². The minimum atomic E-state index is 0.254. The van der Waals surface area contributed by atoms with Gasteiger partial charge in [0.1, 0.15) is 0 Å². The Balaban J connectivity index is 1.74. The van der Waals surface area contributed by atoms with Crippen molar-refractivity contribution in [3.63, 3.8) is 0 Å². The first-order valence-electron chi connectivity index (χ1n) is 11.2. The molecule has 1 N–H and O–H groups in total. The Morgan fingerprint density at radius 3 is 1.83 bits per heavy atom. The minimum absolute atomic E-state index is 0.254. The van der Waals surface area contributed by atoms with Gasteiger partial charge in [-0.2, -0.15) is 0 Å². The lowest BCUT2D eigenvalue weighted by molar-refractivity contribution is 0.288. The number of aryl methyl sites for hydroxylation is 3. The summed E-state index contributed by atoms with van der Waals surface area (Å²) in [5, 5.41) is 9.07. The Bertz CT molecular complexity index is 875. The van der Waals surface area contributed by atoms with Gasteiger partial charge in [0.15, 0.2) is 0 Å². The fourth-order valence-corrected chi connectivity index (χ4v) is 3.95. The van der Waals surface area contributed by atoms with Gasteiger partial charge in [-0.3, -0.25) is 0 Å². The molecule has 0 saturated heterocycles. The summed E-state index contributed by atoms with van der Waals surface area (Å²) in [7, 11) is 0. The van der Waals surface area contributed by atoms with Crippen molar-refractivity contribution in [2.75, 3.05) is 6.61 Å². The van der Waals surface area contributed by atoms with Crippen molar-refractivity contribution in [3.8, 4) is 22.3 Å². The zero-order valence-corrected chi connectivity index (χ0v) is 18.0. The van der Waals surface area contributed by atoms with Gasteiger partial charge in [0, 0.05) is 6.61 Å². The van der Waals surface area contributed by atoms with Gasteiger partial charge in [-0.05, 0) is 71.0 Å². The van der Waals surface area contributed by atoms with Gasteiger partial charge in [0.05, 0.1) is 0 Å². The van der Waals surface area contributed by atoms with E-state index in [0.717, 1.165) is 19.3 Å². The van der Waals surface area contributed by atoms with Gasteiger partial charge in [-0.1, -0.05) is 93.4 Å². The van der Waals surface area contributed by atoms with Crippen molar-refractivity contribution in [2.45, 2.75) is 58.8 Å². The lowest BCUT2D eigenvalue weighted by Gasteiger charge is -2.12. The monoisotopic (exact) mass is 386 g/mol. The highest BCUT2D eigenvalue weighted by Crippen LogP contribution is 2.29. The van der Waals surface area contributed by atoms with E-state index >= 15 is 0 Å². The van der Waals surface area contributed by atoms with E-state index in [0.29, 0.717) is 0 Å². The van der Waals surface area contributed by atoms with Gasteiger partial charge in [0.25, 0.3) is 0 Å². The van der Waals surface area contributed by atoms with E-state index in [4.69, 9.17) is 5.11 Å². The lowest BCUT2D eigenvalue weighted by Crippen LogP contribution is -1.94. The summed E-state index contributed by atoms with van der Waals surface area (Å²) < 4.78 is 0. The fourth-order valence-electron chi connectivity index (χ4n) is 3.95. The number of benzene rings is 3. The first kappa shape index (κ1) is 21.3. The van der Waals surface area contributed by atoms with Crippen LogP contribution in [0.1, 0.15) is 56.2 Å². The van der Waals surface area contributed by atoms with E-state index in [1.807, 2.05) is 0 Å². The van der Waals surface area contributed by atoms with Crippen molar-refractivity contribution in [3.05, 3.63) is 83.4 Å². The third-order valence-electron chi connectivity index (χ3n) is 5.73. The van der Waals surface area contributed by atoms with Gasteiger partial charge in [-0.15, -0.1) is 0 Å². The molecule has 0 aromatic heterocycles. The van der Waals surface area contributed by atoms with Crippen LogP contribution in [0.2, 0.25) is 0 Å². The first-order chi connectivity index (χ1) is 14.2. The topological polar surface area (TPSA) is 20.2 Å². The number of hydrogen-bond acceptors (Lipinski definition) is 1. The largest absolute Gasteiger partial charge is 0.396 e. The molecule has 0 amide bonds. The Morgan fingerprint density at radius 2 is 1.21 bits per heavy atom. The highest BCUT2D eigenvalue weighted by molar-refractivity contribution is 5.72. The predicted octanol–water partition coefficient (Wildman–Crippen LogP) is 7.24.